The van der Waals surface area contributed by atoms with Crippen molar-refractivity contribution in [2.45, 2.75) is 31.7 Å². The molecule has 0 bridgehead atoms. The van der Waals surface area contributed by atoms with Crippen LogP contribution in [-0.4, -0.2) is 18.1 Å². The number of para-hydroxylation sites is 1. The molecule has 0 spiro atoms. The molecule has 1 atom stereocenters. The second-order valence-electron chi connectivity index (χ2n) is 5.79. The highest BCUT2D eigenvalue weighted by Gasteiger charge is 2.16. The van der Waals surface area contributed by atoms with Crippen molar-refractivity contribution in [3.8, 4) is 0 Å². The SMILES string of the molecule is NC(CCC1CCNCC1)c1ccnc2ccccc12. The van der Waals surface area contributed by atoms with E-state index in [1.165, 1.54) is 30.2 Å². The zero-order chi connectivity index (χ0) is 13.8. The lowest BCUT2D eigenvalue weighted by atomic mass is 9.89. The summed E-state index contributed by atoms with van der Waals surface area (Å²) >= 11 is 0. The monoisotopic (exact) mass is 269 g/mol. The maximum absolute atomic E-state index is 6.43. The predicted molar refractivity (Wildman–Crippen MR) is 83.5 cm³/mol. The van der Waals surface area contributed by atoms with Gasteiger partial charge in [-0.3, -0.25) is 4.98 Å². The molecule has 2 aromatic rings. The number of hydrogen-bond acceptors (Lipinski definition) is 3. The molecule has 0 amide bonds. The van der Waals surface area contributed by atoms with Crippen LogP contribution in [0, 0.1) is 5.92 Å². The number of hydrogen-bond donors (Lipinski definition) is 2. The van der Waals surface area contributed by atoms with Crippen LogP contribution in [0.25, 0.3) is 10.9 Å². The van der Waals surface area contributed by atoms with Gasteiger partial charge in [0.15, 0.2) is 0 Å². The van der Waals surface area contributed by atoms with Gasteiger partial charge in [0.2, 0.25) is 0 Å². The van der Waals surface area contributed by atoms with E-state index in [4.69, 9.17) is 5.73 Å². The second-order valence-corrected chi connectivity index (χ2v) is 5.79. The molecule has 106 valence electrons. The molecule has 1 aromatic heterocycles. The van der Waals surface area contributed by atoms with E-state index in [2.05, 4.69) is 34.6 Å². The van der Waals surface area contributed by atoms with Gasteiger partial charge in [0.25, 0.3) is 0 Å². The van der Waals surface area contributed by atoms with Gasteiger partial charge >= 0.3 is 0 Å². The Morgan fingerprint density at radius 2 is 2.00 bits per heavy atom. The predicted octanol–water partition coefficient (Wildman–Crippen LogP) is 3.01. The Hall–Kier alpha value is -1.45. The molecule has 0 radical (unpaired) electrons. The van der Waals surface area contributed by atoms with Crippen LogP contribution in [0.3, 0.4) is 0 Å². The minimum atomic E-state index is 0.123. The van der Waals surface area contributed by atoms with Gasteiger partial charge in [-0.2, -0.15) is 0 Å². The summed E-state index contributed by atoms with van der Waals surface area (Å²) in [6, 6.07) is 10.5. The Balaban J connectivity index is 1.70. The first kappa shape index (κ1) is 13.5. The highest BCUT2D eigenvalue weighted by molar-refractivity contribution is 5.82. The molecule has 20 heavy (non-hydrogen) atoms. The normalized spacial score (nSPS) is 18.2. The van der Waals surface area contributed by atoms with Crippen LogP contribution in [0.4, 0.5) is 0 Å². The molecular formula is C17H23N3. The lowest BCUT2D eigenvalue weighted by molar-refractivity contribution is 0.338. The summed E-state index contributed by atoms with van der Waals surface area (Å²) in [6.07, 6.45) is 6.77. The highest BCUT2D eigenvalue weighted by Crippen LogP contribution is 2.27. The van der Waals surface area contributed by atoms with Gasteiger partial charge in [0.1, 0.15) is 0 Å². The molecule has 1 unspecified atom stereocenters. The van der Waals surface area contributed by atoms with Crippen LogP contribution in [0.2, 0.25) is 0 Å². The van der Waals surface area contributed by atoms with E-state index in [0.717, 1.165) is 30.9 Å². The van der Waals surface area contributed by atoms with Gasteiger partial charge in [-0.1, -0.05) is 18.2 Å². The fourth-order valence-electron chi connectivity index (χ4n) is 3.18. The fourth-order valence-corrected chi connectivity index (χ4v) is 3.18. The van der Waals surface area contributed by atoms with E-state index in [1.807, 2.05) is 12.3 Å². The molecular weight excluding hydrogens is 246 g/mol. The van der Waals surface area contributed by atoms with Crippen molar-refractivity contribution >= 4 is 10.9 Å². The molecule has 1 saturated heterocycles. The zero-order valence-corrected chi connectivity index (χ0v) is 11.9. The molecule has 1 aromatic carbocycles. The van der Waals surface area contributed by atoms with Crippen LogP contribution >= 0.6 is 0 Å². The Bertz CT molecular complexity index is 556. The minimum Gasteiger partial charge on any atom is -0.324 e. The summed E-state index contributed by atoms with van der Waals surface area (Å²) in [6.45, 7) is 2.33. The van der Waals surface area contributed by atoms with Crippen LogP contribution in [0.1, 0.15) is 37.3 Å². The van der Waals surface area contributed by atoms with Crippen molar-refractivity contribution < 1.29 is 0 Å². The minimum absolute atomic E-state index is 0.123. The summed E-state index contributed by atoms with van der Waals surface area (Å²) in [5.74, 6) is 0.843. The summed E-state index contributed by atoms with van der Waals surface area (Å²) < 4.78 is 0. The van der Waals surface area contributed by atoms with Crippen molar-refractivity contribution in [1.82, 2.24) is 10.3 Å². The largest absolute Gasteiger partial charge is 0.324 e. The fraction of sp³-hybridized carbons (Fsp3) is 0.471. The number of nitrogens with one attached hydrogen (secondary N) is 1. The van der Waals surface area contributed by atoms with Crippen LogP contribution in [0.5, 0.6) is 0 Å². The molecule has 3 heteroatoms. The summed E-state index contributed by atoms with van der Waals surface area (Å²) in [5, 5.41) is 4.62. The average molecular weight is 269 g/mol. The number of rotatable bonds is 4. The highest BCUT2D eigenvalue weighted by atomic mass is 14.9. The number of benzene rings is 1. The molecule has 2 heterocycles. The summed E-state index contributed by atoms with van der Waals surface area (Å²) in [4.78, 5) is 4.41. The van der Waals surface area contributed by atoms with E-state index >= 15 is 0 Å². The van der Waals surface area contributed by atoms with Crippen molar-refractivity contribution in [3.05, 3.63) is 42.1 Å². The molecule has 3 N–H and O–H groups in total. The average Bonchev–Trinajstić information content (AvgIpc) is 2.53. The number of pyridine rings is 1. The summed E-state index contributed by atoms with van der Waals surface area (Å²) in [7, 11) is 0. The first-order valence-electron chi connectivity index (χ1n) is 7.64. The third kappa shape index (κ3) is 3.00. The van der Waals surface area contributed by atoms with Crippen LogP contribution in [0.15, 0.2) is 36.5 Å². The molecule has 1 fully saturated rings. The lowest BCUT2D eigenvalue weighted by Gasteiger charge is -2.24. The second kappa shape index (κ2) is 6.33. The molecule has 3 rings (SSSR count). The Labute approximate surface area is 120 Å². The molecule has 1 aliphatic heterocycles. The van der Waals surface area contributed by atoms with Gasteiger partial charge in [-0.05, 0) is 62.4 Å². The standard InChI is InChI=1S/C17H23N3/c18-16(6-5-13-7-10-19-11-8-13)14-9-12-20-17-4-2-1-3-15(14)17/h1-4,9,12-13,16,19H,5-8,10-11,18H2. The maximum atomic E-state index is 6.43. The lowest BCUT2D eigenvalue weighted by Crippen LogP contribution is -2.28. The number of aromatic nitrogens is 1. The maximum Gasteiger partial charge on any atom is 0.0705 e. The smallest absolute Gasteiger partial charge is 0.0705 e. The zero-order valence-electron chi connectivity index (χ0n) is 11.9. The molecule has 0 saturated carbocycles. The third-order valence-electron chi connectivity index (χ3n) is 4.43. The first-order valence-corrected chi connectivity index (χ1v) is 7.64. The van der Waals surface area contributed by atoms with Gasteiger partial charge in [-0.25, -0.2) is 0 Å². The van der Waals surface area contributed by atoms with E-state index < -0.39 is 0 Å². The van der Waals surface area contributed by atoms with Gasteiger partial charge in [0.05, 0.1) is 5.52 Å². The van der Waals surface area contributed by atoms with E-state index in [-0.39, 0.29) is 6.04 Å². The number of piperidine rings is 1. The third-order valence-corrected chi connectivity index (χ3v) is 4.43. The topological polar surface area (TPSA) is 50.9 Å². The van der Waals surface area contributed by atoms with E-state index in [9.17, 15) is 0 Å². The first-order chi connectivity index (χ1) is 9.84. The number of nitrogens with two attached hydrogens (primary N) is 1. The number of nitrogens with zero attached hydrogens (tertiary/aromatic N) is 1. The van der Waals surface area contributed by atoms with Crippen molar-refractivity contribution in [2.75, 3.05) is 13.1 Å². The number of fused-ring (bicyclic) bond motifs is 1. The molecule has 1 aliphatic rings. The van der Waals surface area contributed by atoms with Crippen molar-refractivity contribution in [3.63, 3.8) is 0 Å². The molecule has 0 aliphatic carbocycles. The Morgan fingerprint density at radius 1 is 1.20 bits per heavy atom. The Morgan fingerprint density at radius 3 is 2.85 bits per heavy atom. The quantitative estimate of drug-likeness (QED) is 0.897. The molecule has 3 nitrogen and oxygen atoms in total. The van der Waals surface area contributed by atoms with Crippen molar-refractivity contribution in [2.24, 2.45) is 11.7 Å². The van der Waals surface area contributed by atoms with Crippen molar-refractivity contribution in [1.29, 1.82) is 0 Å². The van der Waals surface area contributed by atoms with Crippen LogP contribution in [-0.2, 0) is 0 Å². The van der Waals surface area contributed by atoms with E-state index in [1.54, 1.807) is 0 Å². The van der Waals surface area contributed by atoms with Gasteiger partial charge < -0.3 is 11.1 Å². The van der Waals surface area contributed by atoms with E-state index in [0.29, 0.717) is 0 Å². The summed E-state index contributed by atoms with van der Waals surface area (Å²) in [5.41, 5.74) is 8.72. The Kier molecular flexibility index (Phi) is 4.28. The van der Waals surface area contributed by atoms with Gasteiger partial charge in [-0.15, -0.1) is 0 Å². The van der Waals surface area contributed by atoms with Gasteiger partial charge in [0, 0.05) is 17.6 Å². The van der Waals surface area contributed by atoms with Crippen LogP contribution < -0.4 is 11.1 Å².